The Morgan fingerprint density at radius 1 is 1.04 bits per heavy atom. The lowest BCUT2D eigenvalue weighted by atomic mass is 10.1. The molecule has 24 heavy (non-hydrogen) atoms. The molecule has 2 aromatic rings. The number of hydrogen-bond donors (Lipinski definition) is 1. The zero-order chi connectivity index (χ0) is 16.9. The van der Waals surface area contributed by atoms with Crippen molar-refractivity contribution in [3.05, 3.63) is 69.7 Å². The summed E-state index contributed by atoms with van der Waals surface area (Å²) in [7, 11) is 0. The third kappa shape index (κ3) is 4.60. The Hall–Kier alpha value is -1.82. The van der Waals surface area contributed by atoms with Gasteiger partial charge in [0.25, 0.3) is 0 Å². The lowest BCUT2D eigenvalue weighted by Crippen LogP contribution is -2.25. The van der Waals surface area contributed by atoms with Gasteiger partial charge in [-0.05, 0) is 41.8 Å². The number of halogens is 2. The van der Waals surface area contributed by atoms with E-state index in [9.17, 15) is 4.79 Å². The summed E-state index contributed by atoms with van der Waals surface area (Å²) < 4.78 is 0. The average molecular weight is 378 g/mol. The van der Waals surface area contributed by atoms with Gasteiger partial charge in [-0.25, -0.2) is 0 Å². The molecule has 1 N–H and O–H groups in total. The molecule has 2 aromatic carbocycles. The van der Waals surface area contributed by atoms with Crippen molar-refractivity contribution in [2.24, 2.45) is 10.2 Å². The molecule has 1 unspecified atom stereocenters. The molecule has 4 nitrogen and oxygen atoms in total. The standard InChI is InChI=1S/C17H13Cl2N3OS/c18-13-5-1-11(2-6-13)9-15-16(23)21-17(24-15)22-20-10-12-3-7-14(19)8-4-12/h1-8,10,15H,9H2,(H,21,22,23). The molecule has 7 heteroatoms. The fraction of sp³-hybridized carbons (Fsp3) is 0.118. The summed E-state index contributed by atoms with van der Waals surface area (Å²) in [6.07, 6.45) is 2.23. The van der Waals surface area contributed by atoms with Crippen molar-refractivity contribution in [1.29, 1.82) is 0 Å². The number of amides is 1. The van der Waals surface area contributed by atoms with E-state index in [-0.39, 0.29) is 11.2 Å². The van der Waals surface area contributed by atoms with Crippen LogP contribution >= 0.6 is 35.0 Å². The number of nitrogens with one attached hydrogen (secondary N) is 1. The lowest BCUT2D eigenvalue weighted by Gasteiger charge is -2.05. The van der Waals surface area contributed by atoms with Crippen LogP contribution < -0.4 is 5.32 Å². The number of thioether (sulfide) groups is 1. The molecule has 3 rings (SSSR count). The second-order valence-corrected chi connectivity index (χ2v) is 7.19. The summed E-state index contributed by atoms with van der Waals surface area (Å²) in [4.78, 5) is 12.0. The summed E-state index contributed by atoms with van der Waals surface area (Å²) >= 11 is 13.1. The molecule has 0 spiro atoms. The number of rotatable bonds is 4. The van der Waals surface area contributed by atoms with Gasteiger partial charge in [0.05, 0.1) is 11.5 Å². The number of hydrogen-bond acceptors (Lipinski definition) is 4. The maximum Gasteiger partial charge on any atom is 0.239 e. The Morgan fingerprint density at radius 2 is 1.67 bits per heavy atom. The Kier molecular flexibility index (Phi) is 5.56. The zero-order valence-corrected chi connectivity index (χ0v) is 14.8. The number of carbonyl (C=O) groups is 1. The first-order valence-electron chi connectivity index (χ1n) is 7.19. The molecule has 1 amide bonds. The minimum atomic E-state index is -0.212. The highest BCUT2D eigenvalue weighted by Gasteiger charge is 2.30. The van der Waals surface area contributed by atoms with Crippen LogP contribution in [0.4, 0.5) is 0 Å². The van der Waals surface area contributed by atoms with Gasteiger partial charge in [-0.1, -0.05) is 59.2 Å². The van der Waals surface area contributed by atoms with Crippen LogP contribution in [0.25, 0.3) is 0 Å². The summed E-state index contributed by atoms with van der Waals surface area (Å²) in [5.41, 5.74) is 1.94. The Balaban J connectivity index is 1.61. The second kappa shape index (κ2) is 7.83. The fourth-order valence-electron chi connectivity index (χ4n) is 2.12. The Labute approximate surface area is 154 Å². The fourth-order valence-corrected chi connectivity index (χ4v) is 3.33. The van der Waals surface area contributed by atoms with Crippen molar-refractivity contribution in [2.45, 2.75) is 11.7 Å². The van der Waals surface area contributed by atoms with Crippen molar-refractivity contribution in [3.63, 3.8) is 0 Å². The molecule has 0 aliphatic carbocycles. The van der Waals surface area contributed by atoms with E-state index in [2.05, 4.69) is 15.5 Å². The molecule has 1 fully saturated rings. The largest absolute Gasteiger partial charge is 0.303 e. The molecule has 0 bridgehead atoms. The highest BCUT2D eigenvalue weighted by molar-refractivity contribution is 8.15. The van der Waals surface area contributed by atoms with Gasteiger partial charge >= 0.3 is 0 Å². The summed E-state index contributed by atoms with van der Waals surface area (Å²) in [5, 5.41) is 12.5. The van der Waals surface area contributed by atoms with E-state index in [4.69, 9.17) is 23.2 Å². The molecular formula is C17H13Cl2N3OS. The minimum Gasteiger partial charge on any atom is -0.303 e. The van der Waals surface area contributed by atoms with Crippen molar-refractivity contribution in [1.82, 2.24) is 5.32 Å². The van der Waals surface area contributed by atoms with Crippen molar-refractivity contribution in [3.8, 4) is 0 Å². The predicted molar refractivity (Wildman–Crippen MR) is 101 cm³/mol. The van der Waals surface area contributed by atoms with Gasteiger partial charge in [0, 0.05) is 10.0 Å². The molecule has 0 radical (unpaired) electrons. The van der Waals surface area contributed by atoms with Gasteiger partial charge in [0.2, 0.25) is 5.91 Å². The second-order valence-electron chi connectivity index (χ2n) is 5.13. The van der Waals surface area contributed by atoms with Gasteiger partial charge in [-0.2, -0.15) is 5.10 Å². The van der Waals surface area contributed by atoms with E-state index in [1.165, 1.54) is 11.8 Å². The minimum absolute atomic E-state index is 0.0598. The normalized spacial score (nSPS) is 19.2. The van der Waals surface area contributed by atoms with Gasteiger partial charge in [-0.3, -0.25) is 4.79 Å². The first-order chi connectivity index (χ1) is 11.6. The SMILES string of the molecule is O=C1N/C(=N\N=Cc2ccc(Cl)cc2)SC1Cc1ccc(Cl)cc1. The smallest absolute Gasteiger partial charge is 0.239 e. The van der Waals surface area contributed by atoms with Gasteiger partial charge < -0.3 is 5.32 Å². The lowest BCUT2D eigenvalue weighted by molar-refractivity contribution is -0.118. The molecule has 0 saturated carbocycles. The van der Waals surface area contributed by atoms with E-state index in [1.54, 1.807) is 18.3 Å². The molecule has 1 saturated heterocycles. The Morgan fingerprint density at radius 3 is 2.33 bits per heavy atom. The number of carbonyl (C=O) groups excluding carboxylic acids is 1. The van der Waals surface area contributed by atoms with E-state index in [0.717, 1.165) is 11.1 Å². The molecule has 1 aliphatic heterocycles. The van der Waals surface area contributed by atoms with E-state index < -0.39 is 0 Å². The predicted octanol–water partition coefficient (Wildman–Crippen LogP) is 4.16. The van der Waals surface area contributed by atoms with E-state index in [0.29, 0.717) is 21.6 Å². The first-order valence-corrected chi connectivity index (χ1v) is 8.82. The van der Waals surface area contributed by atoms with Crippen LogP contribution in [0.1, 0.15) is 11.1 Å². The molecule has 0 aromatic heterocycles. The molecule has 1 heterocycles. The highest BCUT2D eigenvalue weighted by Crippen LogP contribution is 2.24. The molecular weight excluding hydrogens is 365 g/mol. The van der Waals surface area contributed by atoms with Crippen LogP contribution in [0, 0.1) is 0 Å². The average Bonchev–Trinajstić information content (AvgIpc) is 2.91. The zero-order valence-electron chi connectivity index (χ0n) is 12.4. The monoisotopic (exact) mass is 377 g/mol. The topological polar surface area (TPSA) is 53.8 Å². The number of nitrogens with zero attached hydrogens (tertiary/aromatic N) is 2. The van der Waals surface area contributed by atoms with Crippen LogP contribution in [-0.2, 0) is 11.2 Å². The van der Waals surface area contributed by atoms with Crippen molar-refractivity contribution < 1.29 is 4.79 Å². The summed E-state index contributed by atoms with van der Waals surface area (Å²) in [5.74, 6) is -0.0598. The third-order valence-corrected chi connectivity index (χ3v) is 4.91. The van der Waals surface area contributed by atoms with Crippen LogP contribution in [0.5, 0.6) is 0 Å². The van der Waals surface area contributed by atoms with Crippen LogP contribution in [0.3, 0.4) is 0 Å². The molecule has 1 aliphatic rings. The molecule has 1 atom stereocenters. The van der Waals surface area contributed by atoms with E-state index in [1.807, 2.05) is 36.4 Å². The van der Waals surface area contributed by atoms with Gasteiger partial charge in [0.1, 0.15) is 0 Å². The highest BCUT2D eigenvalue weighted by atomic mass is 35.5. The van der Waals surface area contributed by atoms with Gasteiger partial charge in [-0.15, -0.1) is 5.10 Å². The first kappa shape index (κ1) is 17.0. The maximum absolute atomic E-state index is 12.0. The van der Waals surface area contributed by atoms with Gasteiger partial charge in [0.15, 0.2) is 5.17 Å². The van der Waals surface area contributed by atoms with E-state index >= 15 is 0 Å². The quantitative estimate of drug-likeness (QED) is 0.642. The number of amidine groups is 1. The molecule has 122 valence electrons. The number of benzene rings is 2. The maximum atomic E-state index is 12.0. The third-order valence-electron chi connectivity index (χ3n) is 3.34. The summed E-state index contributed by atoms with van der Waals surface area (Å²) in [6, 6.07) is 14.7. The Bertz CT molecular complexity index is 788. The summed E-state index contributed by atoms with van der Waals surface area (Å²) in [6.45, 7) is 0. The van der Waals surface area contributed by atoms with Crippen LogP contribution in [0.15, 0.2) is 58.7 Å². The van der Waals surface area contributed by atoms with Crippen LogP contribution in [-0.4, -0.2) is 22.5 Å². The van der Waals surface area contributed by atoms with Crippen LogP contribution in [0.2, 0.25) is 10.0 Å². The van der Waals surface area contributed by atoms with Crippen molar-refractivity contribution >= 4 is 52.3 Å². The van der Waals surface area contributed by atoms with Crippen molar-refractivity contribution in [2.75, 3.05) is 0 Å².